The van der Waals surface area contributed by atoms with Gasteiger partial charge in [0.2, 0.25) is 5.91 Å². The van der Waals surface area contributed by atoms with Crippen molar-refractivity contribution in [1.29, 1.82) is 0 Å². The summed E-state index contributed by atoms with van der Waals surface area (Å²) in [6, 6.07) is 0. The molecule has 0 aromatic rings. The van der Waals surface area contributed by atoms with E-state index in [0.29, 0.717) is 13.0 Å². The molecule has 0 aliphatic rings. The number of hydrogen-bond donors (Lipinski definition) is 2. The van der Waals surface area contributed by atoms with Crippen molar-refractivity contribution < 1.29 is 13.6 Å². The van der Waals surface area contributed by atoms with E-state index >= 15 is 0 Å². The van der Waals surface area contributed by atoms with Gasteiger partial charge in [0.05, 0.1) is 6.54 Å². The van der Waals surface area contributed by atoms with Gasteiger partial charge in [-0.3, -0.25) is 10.2 Å². The number of rotatable bonds is 8. The minimum atomic E-state index is -2.28. The van der Waals surface area contributed by atoms with Crippen LogP contribution in [-0.2, 0) is 4.79 Å². The highest BCUT2D eigenvalue weighted by Crippen LogP contribution is 2.02. The summed E-state index contributed by atoms with van der Waals surface area (Å²) < 4.78 is 23.8. The van der Waals surface area contributed by atoms with E-state index < -0.39 is 6.43 Å². The number of alkyl halides is 2. The Morgan fingerprint density at radius 3 is 2.60 bits per heavy atom. The highest BCUT2D eigenvalue weighted by molar-refractivity contribution is 5.74. The Morgan fingerprint density at radius 2 is 2.07 bits per heavy atom. The Hall–Kier alpha value is -0.750. The van der Waals surface area contributed by atoms with Crippen LogP contribution in [0.5, 0.6) is 0 Å². The minimum Gasteiger partial charge on any atom is -0.301 e. The third-order valence-electron chi connectivity index (χ3n) is 2.05. The third kappa shape index (κ3) is 9.55. The highest BCUT2D eigenvalue weighted by atomic mass is 19.3. The van der Waals surface area contributed by atoms with Gasteiger partial charge in [-0.1, -0.05) is 6.42 Å². The van der Waals surface area contributed by atoms with Crippen LogP contribution >= 0.6 is 0 Å². The summed E-state index contributed by atoms with van der Waals surface area (Å²) in [5, 5.41) is 0. The van der Waals surface area contributed by atoms with Gasteiger partial charge in [-0.25, -0.2) is 14.6 Å². The normalized spacial score (nSPS) is 11.1. The summed E-state index contributed by atoms with van der Waals surface area (Å²) >= 11 is 0. The summed E-state index contributed by atoms with van der Waals surface area (Å²) in [5.41, 5.74) is 2.04. The lowest BCUT2D eigenvalue weighted by Crippen LogP contribution is -2.29. The molecule has 0 aromatic carbocycles. The molecular formula is C9H19F2N3O. The molecule has 0 fully saturated rings. The molecule has 15 heavy (non-hydrogen) atoms. The molecule has 3 N–H and O–H groups in total. The Kier molecular flexibility index (Phi) is 8.12. The molecular weight excluding hydrogens is 204 g/mol. The van der Waals surface area contributed by atoms with Gasteiger partial charge < -0.3 is 4.90 Å². The molecule has 4 nitrogen and oxygen atoms in total. The number of hydrogen-bond acceptors (Lipinski definition) is 3. The number of halogens is 2. The van der Waals surface area contributed by atoms with E-state index in [2.05, 4.69) is 0 Å². The maximum absolute atomic E-state index is 11.9. The molecule has 0 saturated carbocycles. The van der Waals surface area contributed by atoms with E-state index in [9.17, 15) is 13.6 Å². The van der Waals surface area contributed by atoms with Crippen LogP contribution in [0.4, 0.5) is 8.78 Å². The molecule has 0 atom stereocenters. The number of nitrogens with two attached hydrogens (primary N) is 1. The van der Waals surface area contributed by atoms with E-state index in [1.54, 1.807) is 11.9 Å². The van der Waals surface area contributed by atoms with E-state index in [0.717, 1.165) is 19.3 Å². The standard InChI is InChI=1S/C9H19F2N3O/c1-14(7-8(10)11)6-4-2-3-5-9(15)13-12/h8H,2-7,12H2,1H3,(H,13,15). The first-order chi connectivity index (χ1) is 7.06. The first kappa shape index (κ1) is 14.2. The lowest BCUT2D eigenvalue weighted by Gasteiger charge is -2.15. The molecule has 0 rings (SSSR count). The van der Waals surface area contributed by atoms with E-state index in [4.69, 9.17) is 5.84 Å². The SMILES string of the molecule is CN(CCCCCC(=O)NN)CC(F)F. The number of carbonyl (C=O) groups excluding carboxylic acids is 1. The zero-order valence-electron chi connectivity index (χ0n) is 9.01. The van der Waals surface area contributed by atoms with Gasteiger partial charge in [-0.15, -0.1) is 0 Å². The number of nitrogens with zero attached hydrogens (tertiary/aromatic N) is 1. The van der Waals surface area contributed by atoms with Crippen molar-refractivity contribution in [2.24, 2.45) is 5.84 Å². The number of nitrogens with one attached hydrogen (secondary N) is 1. The predicted molar refractivity (Wildman–Crippen MR) is 54.3 cm³/mol. The molecule has 6 heteroatoms. The highest BCUT2D eigenvalue weighted by Gasteiger charge is 2.06. The number of amides is 1. The third-order valence-corrected chi connectivity index (χ3v) is 2.05. The van der Waals surface area contributed by atoms with Crippen LogP contribution in [-0.4, -0.2) is 37.4 Å². The van der Waals surface area contributed by atoms with Crippen molar-refractivity contribution >= 4 is 5.91 Å². The zero-order chi connectivity index (χ0) is 11.7. The Bertz CT molecular complexity index is 179. The summed E-state index contributed by atoms with van der Waals surface area (Å²) in [5.74, 6) is 4.71. The smallest absolute Gasteiger partial charge is 0.251 e. The first-order valence-electron chi connectivity index (χ1n) is 5.02. The van der Waals surface area contributed by atoms with Gasteiger partial charge in [0, 0.05) is 6.42 Å². The van der Waals surface area contributed by atoms with E-state index in [1.807, 2.05) is 5.43 Å². The average molecular weight is 223 g/mol. The fourth-order valence-electron chi connectivity index (χ4n) is 1.24. The monoisotopic (exact) mass is 223 g/mol. The Labute approximate surface area is 88.8 Å². The van der Waals surface area contributed by atoms with Crippen LogP contribution in [0.25, 0.3) is 0 Å². The van der Waals surface area contributed by atoms with Gasteiger partial charge in [0.25, 0.3) is 6.43 Å². The van der Waals surface area contributed by atoms with Crippen molar-refractivity contribution in [3.05, 3.63) is 0 Å². The molecule has 0 saturated heterocycles. The van der Waals surface area contributed by atoms with Crippen LogP contribution in [0.3, 0.4) is 0 Å². The molecule has 0 aliphatic carbocycles. The molecule has 90 valence electrons. The van der Waals surface area contributed by atoms with Crippen LogP contribution in [0.2, 0.25) is 0 Å². The molecule has 0 unspecified atom stereocenters. The largest absolute Gasteiger partial charge is 0.301 e. The topological polar surface area (TPSA) is 58.4 Å². The predicted octanol–water partition coefficient (Wildman–Crippen LogP) is 0.734. The van der Waals surface area contributed by atoms with E-state index in [1.165, 1.54) is 0 Å². The van der Waals surface area contributed by atoms with Gasteiger partial charge in [-0.05, 0) is 26.4 Å². The second-order valence-electron chi connectivity index (χ2n) is 3.53. The number of carbonyl (C=O) groups is 1. The average Bonchev–Trinajstić information content (AvgIpc) is 2.15. The number of hydrazine groups is 1. The van der Waals surface area contributed by atoms with Gasteiger partial charge >= 0.3 is 0 Å². The molecule has 0 spiro atoms. The van der Waals surface area contributed by atoms with Gasteiger partial charge in [0.15, 0.2) is 0 Å². The van der Waals surface area contributed by atoms with E-state index in [-0.39, 0.29) is 12.5 Å². The molecule has 0 aromatic heterocycles. The van der Waals surface area contributed by atoms with Crippen molar-refractivity contribution in [1.82, 2.24) is 10.3 Å². The number of unbranched alkanes of at least 4 members (excludes halogenated alkanes) is 2. The second-order valence-corrected chi connectivity index (χ2v) is 3.53. The molecule has 0 heterocycles. The maximum atomic E-state index is 11.9. The lowest BCUT2D eigenvalue weighted by molar-refractivity contribution is -0.121. The molecule has 1 amide bonds. The molecule has 0 aliphatic heterocycles. The van der Waals surface area contributed by atoms with Crippen LogP contribution in [0.15, 0.2) is 0 Å². The summed E-state index contributed by atoms with van der Waals surface area (Å²) in [4.78, 5) is 12.3. The Balaban J connectivity index is 3.27. The Morgan fingerprint density at radius 1 is 1.40 bits per heavy atom. The fraction of sp³-hybridized carbons (Fsp3) is 0.889. The second kappa shape index (κ2) is 8.55. The van der Waals surface area contributed by atoms with Gasteiger partial charge in [0.1, 0.15) is 0 Å². The summed E-state index contributed by atoms with van der Waals surface area (Å²) in [7, 11) is 1.67. The maximum Gasteiger partial charge on any atom is 0.251 e. The van der Waals surface area contributed by atoms with Crippen molar-refractivity contribution in [2.75, 3.05) is 20.1 Å². The van der Waals surface area contributed by atoms with Crippen molar-refractivity contribution in [3.63, 3.8) is 0 Å². The zero-order valence-corrected chi connectivity index (χ0v) is 9.01. The van der Waals surface area contributed by atoms with Crippen molar-refractivity contribution in [3.8, 4) is 0 Å². The first-order valence-corrected chi connectivity index (χ1v) is 5.02. The fourth-order valence-corrected chi connectivity index (χ4v) is 1.24. The molecule has 0 bridgehead atoms. The minimum absolute atomic E-state index is 0.184. The summed E-state index contributed by atoms with van der Waals surface area (Å²) in [6.45, 7) is 0.442. The van der Waals surface area contributed by atoms with Gasteiger partial charge in [-0.2, -0.15) is 0 Å². The van der Waals surface area contributed by atoms with Crippen LogP contribution in [0, 0.1) is 0 Å². The van der Waals surface area contributed by atoms with Crippen molar-refractivity contribution in [2.45, 2.75) is 32.1 Å². The summed E-state index contributed by atoms with van der Waals surface area (Å²) in [6.07, 6.45) is 0.529. The quantitative estimate of drug-likeness (QED) is 0.276. The lowest BCUT2D eigenvalue weighted by atomic mass is 10.2. The van der Waals surface area contributed by atoms with Crippen LogP contribution in [0.1, 0.15) is 25.7 Å². The van der Waals surface area contributed by atoms with Crippen LogP contribution < -0.4 is 11.3 Å². The molecule has 0 radical (unpaired) electrons.